The highest BCUT2D eigenvalue weighted by Crippen LogP contribution is 2.19. The average molecular weight is 273 g/mol. The predicted molar refractivity (Wildman–Crippen MR) is 72.6 cm³/mol. The molecule has 1 heterocycles. The highest BCUT2D eigenvalue weighted by molar-refractivity contribution is 5.93. The summed E-state index contributed by atoms with van der Waals surface area (Å²) in [4.78, 5) is 12.0. The van der Waals surface area contributed by atoms with Gasteiger partial charge in [-0.1, -0.05) is 6.07 Å². The molecule has 1 atom stereocenters. The van der Waals surface area contributed by atoms with Gasteiger partial charge in [0.1, 0.15) is 5.82 Å². The molecule has 5 heteroatoms. The molecule has 0 bridgehead atoms. The second-order valence-electron chi connectivity index (χ2n) is 4.44. The summed E-state index contributed by atoms with van der Waals surface area (Å²) < 4.78 is 13.3. The third-order valence-electron chi connectivity index (χ3n) is 3.19. The Hall–Kier alpha value is -1.13. The Morgan fingerprint density at radius 2 is 2.28 bits per heavy atom. The number of hydrogen-bond donors (Lipinski definition) is 2. The summed E-state index contributed by atoms with van der Waals surface area (Å²) >= 11 is 0. The topological polar surface area (TPSA) is 41.1 Å². The van der Waals surface area contributed by atoms with Crippen molar-refractivity contribution in [1.82, 2.24) is 5.32 Å². The molecule has 1 fully saturated rings. The number of piperidine rings is 1. The lowest BCUT2D eigenvalue weighted by atomic mass is 9.98. The molecule has 1 amide bonds. The zero-order chi connectivity index (χ0) is 12.3. The molecule has 1 aliphatic rings. The zero-order valence-corrected chi connectivity index (χ0v) is 11.1. The van der Waals surface area contributed by atoms with E-state index in [2.05, 4.69) is 10.6 Å². The summed E-state index contributed by atoms with van der Waals surface area (Å²) in [5, 5.41) is 5.99. The van der Waals surface area contributed by atoms with Gasteiger partial charge in [0.25, 0.3) is 0 Å². The van der Waals surface area contributed by atoms with Crippen LogP contribution in [-0.2, 0) is 4.79 Å². The Kier molecular flexibility index (Phi) is 5.56. The van der Waals surface area contributed by atoms with E-state index in [1.807, 2.05) is 0 Å². The molecule has 0 spiro atoms. The normalized spacial score (nSPS) is 18.9. The lowest BCUT2D eigenvalue weighted by Crippen LogP contribution is -2.37. The Labute approximate surface area is 113 Å². The number of rotatable bonds is 2. The molecule has 100 valence electrons. The quantitative estimate of drug-likeness (QED) is 0.869. The van der Waals surface area contributed by atoms with E-state index in [1.54, 1.807) is 19.1 Å². The van der Waals surface area contributed by atoms with Gasteiger partial charge >= 0.3 is 0 Å². The standard InChI is InChI=1S/C13H17FN2O.ClH/c1-9-11(14)5-2-6-12(9)16-13(17)10-4-3-7-15-8-10;/h2,5-6,10,15H,3-4,7-8H2,1H3,(H,16,17);1H. The number of benzene rings is 1. The third-order valence-corrected chi connectivity index (χ3v) is 3.19. The minimum atomic E-state index is -0.287. The maximum atomic E-state index is 13.3. The van der Waals surface area contributed by atoms with Gasteiger partial charge in [0.2, 0.25) is 5.91 Å². The summed E-state index contributed by atoms with van der Waals surface area (Å²) in [7, 11) is 0. The summed E-state index contributed by atoms with van der Waals surface area (Å²) in [6.45, 7) is 3.35. The van der Waals surface area contributed by atoms with Crippen LogP contribution in [0.15, 0.2) is 18.2 Å². The summed E-state index contributed by atoms with van der Waals surface area (Å²) in [6, 6.07) is 4.73. The Morgan fingerprint density at radius 3 is 2.94 bits per heavy atom. The maximum absolute atomic E-state index is 13.3. The molecule has 2 rings (SSSR count). The van der Waals surface area contributed by atoms with Crippen LogP contribution in [0, 0.1) is 18.7 Å². The van der Waals surface area contributed by atoms with Crippen LogP contribution in [0.3, 0.4) is 0 Å². The minimum absolute atomic E-state index is 0. The van der Waals surface area contributed by atoms with Gasteiger partial charge in [0.15, 0.2) is 0 Å². The molecule has 1 saturated heterocycles. The molecule has 0 aromatic heterocycles. The molecule has 1 unspecified atom stereocenters. The van der Waals surface area contributed by atoms with E-state index in [-0.39, 0.29) is 30.0 Å². The van der Waals surface area contributed by atoms with Crippen molar-refractivity contribution in [3.8, 4) is 0 Å². The van der Waals surface area contributed by atoms with E-state index < -0.39 is 0 Å². The number of hydrogen-bond acceptors (Lipinski definition) is 2. The monoisotopic (exact) mass is 272 g/mol. The van der Waals surface area contributed by atoms with Crippen LogP contribution in [-0.4, -0.2) is 19.0 Å². The van der Waals surface area contributed by atoms with Crippen LogP contribution in [0.25, 0.3) is 0 Å². The fourth-order valence-corrected chi connectivity index (χ4v) is 2.05. The number of amides is 1. The third kappa shape index (κ3) is 3.43. The number of carbonyl (C=O) groups excluding carboxylic acids is 1. The highest BCUT2D eigenvalue weighted by Gasteiger charge is 2.21. The fourth-order valence-electron chi connectivity index (χ4n) is 2.05. The van der Waals surface area contributed by atoms with Gasteiger partial charge in [0, 0.05) is 17.8 Å². The van der Waals surface area contributed by atoms with Gasteiger partial charge in [-0.2, -0.15) is 0 Å². The van der Waals surface area contributed by atoms with Crippen molar-refractivity contribution in [2.24, 2.45) is 5.92 Å². The van der Waals surface area contributed by atoms with Crippen molar-refractivity contribution in [2.45, 2.75) is 19.8 Å². The van der Waals surface area contributed by atoms with Crippen LogP contribution in [0.5, 0.6) is 0 Å². The Balaban J connectivity index is 0.00000162. The van der Waals surface area contributed by atoms with Crippen molar-refractivity contribution in [1.29, 1.82) is 0 Å². The first-order valence-corrected chi connectivity index (χ1v) is 5.95. The number of halogens is 2. The molecule has 0 radical (unpaired) electrons. The van der Waals surface area contributed by atoms with Crippen LogP contribution >= 0.6 is 12.4 Å². The summed E-state index contributed by atoms with van der Waals surface area (Å²) in [5.41, 5.74) is 1.06. The van der Waals surface area contributed by atoms with Gasteiger partial charge in [-0.15, -0.1) is 12.4 Å². The lowest BCUT2D eigenvalue weighted by Gasteiger charge is -2.22. The number of carbonyl (C=O) groups is 1. The van der Waals surface area contributed by atoms with E-state index in [0.29, 0.717) is 17.8 Å². The van der Waals surface area contributed by atoms with Crippen LogP contribution < -0.4 is 10.6 Å². The maximum Gasteiger partial charge on any atom is 0.228 e. The predicted octanol–water partition coefficient (Wildman–Crippen LogP) is 2.49. The second kappa shape index (κ2) is 6.71. The molecule has 1 aromatic rings. The first-order chi connectivity index (χ1) is 8.18. The smallest absolute Gasteiger partial charge is 0.228 e. The van der Waals surface area contributed by atoms with Crippen molar-refractivity contribution in [3.63, 3.8) is 0 Å². The minimum Gasteiger partial charge on any atom is -0.325 e. The van der Waals surface area contributed by atoms with Crippen LogP contribution in [0.4, 0.5) is 10.1 Å². The SMILES string of the molecule is Cc1c(F)cccc1NC(=O)C1CCCNC1.Cl. The average Bonchev–Trinajstić information content (AvgIpc) is 2.36. The molecule has 0 aliphatic carbocycles. The van der Waals surface area contributed by atoms with Crippen molar-refractivity contribution in [2.75, 3.05) is 18.4 Å². The molecule has 0 saturated carbocycles. The van der Waals surface area contributed by atoms with E-state index in [0.717, 1.165) is 19.4 Å². The van der Waals surface area contributed by atoms with Gasteiger partial charge < -0.3 is 10.6 Å². The second-order valence-corrected chi connectivity index (χ2v) is 4.44. The Bertz CT molecular complexity index is 419. The summed E-state index contributed by atoms with van der Waals surface area (Å²) in [5.74, 6) is -0.318. The zero-order valence-electron chi connectivity index (χ0n) is 10.3. The molecule has 2 N–H and O–H groups in total. The molecule has 3 nitrogen and oxygen atoms in total. The first kappa shape index (κ1) is 14.9. The first-order valence-electron chi connectivity index (χ1n) is 5.95. The Morgan fingerprint density at radius 1 is 1.50 bits per heavy atom. The largest absolute Gasteiger partial charge is 0.325 e. The van der Waals surface area contributed by atoms with Gasteiger partial charge in [0.05, 0.1) is 5.92 Å². The molecular formula is C13H18ClFN2O. The number of nitrogens with one attached hydrogen (secondary N) is 2. The van der Waals surface area contributed by atoms with Gasteiger partial charge in [-0.3, -0.25) is 4.79 Å². The van der Waals surface area contributed by atoms with E-state index in [9.17, 15) is 9.18 Å². The summed E-state index contributed by atoms with van der Waals surface area (Å²) in [6.07, 6.45) is 1.91. The highest BCUT2D eigenvalue weighted by atomic mass is 35.5. The molecule has 18 heavy (non-hydrogen) atoms. The lowest BCUT2D eigenvalue weighted by molar-refractivity contribution is -0.120. The molecular weight excluding hydrogens is 255 g/mol. The molecule has 1 aliphatic heterocycles. The van der Waals surface area contributed by atoms with E-state index in [1.165, 1.54) is 6.07 Å². The van der Waals surface area contributed by atoms with E-state index >= 15 is 0 Å². The van der Waals surface area contributed by atoms with Gasteiger partial charge in [-0.25, -0.2) is 4.39 Å². The molecule has 1 aromatic carbocycles. The van der Waals surface area contributed by atoms with Crippen molar-refractivity contribution >= 4 is 24.0 Å². The van der Waals surface area contributed by atoms with Crippen molar-refractivity contribution < 1.29 is 9.18 Å². The van der Waals surface area contributed by atoms with E-state index in [4.69, 9.17) is 0 Å². The van der Waals surface area contributed by atoms with Crippen molar-refractivity contribution in [3.05, 3.63) is 29.6 Å². The number of anilines is 1. The van der Waals surface area contributed by atoms with Crippen LogP contribution in [0.1, 0.15) is 18.4 Å². The van der Waals surface area contributed by atoms with Gasteiger partial charge in [-0.05, 0) is 38.4 Å². The fraction of sp³-hybridized carbons (Fsp3) is 0.462. The van der Waals surface area contributed by atoms with Crippen LogP contribution in [0.2, 0.25) is 0 Å².